The van der Waals surface area contributed by atoms with E-state index in [4.69, 9.17) is 9.84 Å². The van der Waals surface area contributed by atoms with Crippen LogP contribution in [0.4, 0.5) is 23.7 Å². The predicted octanol–water partition coefficient (Wildman–Crippen LogP) is 2.91. The van der Waals surface area contributed by atoms with Gasteiger partial charge in [-0.2, -0.15) is 13.2 Å². The number of nitrogens with zero attached hydrogens (tertiary/aromatic N) is 1. The van der Waals surface area contributed by atoms with Gasteiger partial charge >= 0.3 is 18.2 Å². The van der Waals surface area contributed by atoms with Gasteiger partial charge in [0.2, 0.25) is 0 Å². The molecule has 1 fully saturated rings. The van der Waals surface area contributed by atoms with E-state index in [0.717, 1.165) is 35.3 Å². The highest BCUT2D eigenvalue weighted by Gasteiger charge is 2.53. The molecule has 0 saturated carbocycles. The second-order valence-electron chi connectivity index (χ2n) is 6.56. The zero-order valence-corrected chi connectivity index (χ0v) is 14.1. The van der Waals surface area contributed by atoms with Gasteiger partial charge in [0.25, 0.3) is 0 Å². The molecule has 0 aromatic heterocycles. The van der Waals surface area contributed by atoms with Gasteiger partial charge in [-0.05, 0) is 36.5 Å². The molecule has 2 amide bonds. The van der Waals surface area contributed by atoms with Crippen LogP contribution in [-0.2, 0) is 17.6 Å². The van der Waals surface area contributed by atoms with Gasteiger partial charge in [-0.25, -0.2) is 4.79 Å². The number of aliphatic carboxylic acids is 1. The Balaban J connectivity index is 1.81. The van der Waals surface area contributed by atoms with Crippen molar-refractivity contribution in [2.75, 3.05) is 25.5 Å². The number of fused-ring (bicyclic) bond motifs is 1. The lowest BCUT2D eigenvalue weighted by Crippen LogP contribution is -2.35. The molecule has 6 nitrogen and oxygen atoms in total. The van der Waals surface area contributed by atoms with Crippen LogP contribution in [0.2, 0.25) is 0 Å². The summed E-state index contributed by atoms with van der Waals surface area (Å²) in [6.07, 6.45) is -2.15. The molecule has 0 spiro atoms. The van der Waals surface area contributed by atoms with Crippen LogP contribution in [0.5, 0.6) is 5.75 Å². The van der Waals surface area contributed by atoms with Crippen molar-refractivity contribution in [1.82, 2.24) is 4.90 Å². The highest BCUT2D eigenvalue weighted by molar-refractivity contribution is 5.93. The maximum Gasteiger partial charge on any atom is 0.394 e. The van der Waals surface area contributed by atoms with Gasteiger partial charge in [-0.1, -0.05) is 6.07 Å². The molecule has 3 rings (SSSR count). The molecule has 0 unspecified atom stereocenters. The van der Waals surface area contributed by atoms with Crippen LogP contribution in [0.15, 0.2) is 12.1 Å². The number of aryl methyl sites for hydroxylation is 1. The summed E-state index contributed by atoms with van der Waals surface area (Å²) < 4.78 is 44.5. The maximum absolute atomic E-state index is 13.1. The summed E-state index contributed by atoms with van der Waals surface area (Å²) in [4.78, 5) is 24.6. The van der Waals surface area contributed by atoms with Gasteiger partial charge in [0.05, 0.1) is 24.6 Å². The minimum atomic E-state index is -4.68. The first-order valence-corrected chi connectivity index (χ1v) is 8.26. The number of methoxy groups -OCH3 is 1. The second kappa shape index (κ2) is 6.69. The fourth-order valence-corrected chi connectivity index (χ4v) is 3.69. The fourth-order valence-electron chi connectivity index (χ4n) is 3.69. The monoisotopic (exact) mass is 372 g/mol. The smallest absolute Gasteiger partial charge is 0.394 e. The molecule has 1 aliphatic carbocycles. The number of anilines is 1. The van der Waals surface area contributed by atoms with Gasteiger partial charge in [0, 0.05) is 13.1 Å². The van der Waals surface area contributed by atoms with Crippen molar-refractivity contribution in [2.24, 2.45) is 11.8 Å². The SMILES string of the molecule is COc1ccc2c(c1NC(=O)N1C[C@@H](C(F)(F)F)[C@H](C(=O)O)C1)CCC2. The summed E-state index contributed by atoms with van der Waals surface area (Å²) >= 11 is 0. The predicted molar refractivity (Wildman–Crippen MR) is 86.3 cm³/mol. The van der Waals surface area contributed by atoms with E-state index in [2.05, 4.69) is 5.32 Å². The van der Waals surface area contributed by atoms with Crippen molar-refractivity contribution in [3.05, 3.63) is 23.3 Å². The van der Waals surface area contributed by atoms with E-state index >= 15 is 0 Å². The molecule has 1 aromatic carbocycles. The second-order valence-corrected chi connectivity index (χ2v) is 6.56. The summed E-state index contributed by atoms with van der Waals surface area (Å²) in [6.45, 7) is -1.16. The first-order chi connectivity index (χ1) is 12.2. The molecule has 0 bridgehead atoms. The van der Waals surface area contributed by atoms with Crippen LogP contribution < -0.4 is 10.1 Å². The van der Waals surface area contributed by atoms with Crippen molar-refractivity contribution in [3.8, 4) is 5.75 Å². The zero-order chi connectivity index (χ0) is 19.1. The number of carbonyl (C=O) groups is 2. The van der Waals surface area contributed by atoms with Crippen molar-refractivity contribution < 1.29 is 32.6 Å². The Morgan fingerprint density at radius 3 is 2.58 bits per heavy atom. The standard InChI is InChI=1S/C17H19F3N2O4/c1-26-13-6-5-9-3-2-4-10(9)14(13)21-16(25)22-7-11(15(23)24)12(8-22)17(18,19)20/h5-6,11-12H,2-4,7-8H2,1H3,(H,21,25)(H,23,24)/t11-,12-/m1/s1. The van der Waals surface area contributed by atoms with Crippen LogP contribution in [-0.4, -0.2) is 48.4 Å². The van der Waals surface area contributed by atoms with Crippen molar-refractivity contribution in [1.29, 1.82) is 0 Å². The number of benzene rings is 1. The number of alkyl halides is 3. The zero-order valence-electron chi connectivity index (χ0n) is 14.1. The minimum absolute atomic E-state index is 0.431. The third-order valence-electron chi connectivity index (χ3n) is 5.04. The highest BCUT2D eigenvalue weighted by atomic mass is 19.4. The summed E-state index contributed by atoms with van der Waals surface area (Å²) in [6, 6.07) is 2.87. The van der Waals surface area contributed by atoms with E-state index in [1.54, 1.807) is 6.07 Å². The Bertz CT molecular complexity index is 735. The number of carboxylic acid groups (broad SMARTS) is 1. The molecule has 9 heteroatoms. The van der Waals surface area contributed by atoms with Gasteiger partial charge in [-0.15, -0.1) is 0 Å². The summed E-state index contributed by atoms with van der Waals surface area (Å²) in [5.74, 6) is -4.86. The Morgan fingerprint density at radius 2 is 2.00 bits per heavy atom. The average molecular weight is 372 g/mol. The third-order valence-corrected chi connectivity index (χ3v) is 5.04. The highest BCUT2D eigenvalue weighted by Crippen LogP contribution is 2.39. The molecule has 0 radical (unpaired) electrons. The van der Waals surface area contributed by atoms with E-state index in [1.807, 2.05) is 6.07 Å². The van der Waals surface area contributed by atoms with Gasteiger partial charge in [0.1, 0.15) is 5.75 Å². The molecule has 142 valence electrons. The Labute approximate surface area is 147 Å². The molecule has 26 heavy (non-hydrogen) atoms. The van der Waals surface area contributed by atoms with Crippen LogP contribution >= 0.6 is 0 Å². The lowest BCUT2D eigenvalue weighted by molar-refractivity contribution is -0.187. The lowest BCUT2D eigenvalue weighted by Gasteiger charge is -2.21. The number of halogens is 3. The molecule has 1 aromatic rings. The van der Waals surface area contributed by atoms with Crippen molar-refractivity contribution in [3.63, 3.8) is 0 Å². The van der Waals surface area contributed by atoms with Gasteiger partial charge < -0.3 is 20.1 Å². The van der Waals surface area contributed by atoms with E-state index in [1.165, 1.54) is 7.11 Å². The number of nitrogens with one attached hydrogen (secondary N) is 1. The number of amides is 2. The molecule has 1 aliphatic heterocycles. The van der Waals surface area contributed by atoms with E-state index in [9.17, 15) is 22.8 Å². The molecule has 1 heterocycles. The van der Waals surface area contributed by atoms with Crippen LogP contribution in [0.1, 0.15) is 17.5 Å². The number of carboxylic acids is 1. The molecular formula is C17H19F3N2O4. The number of ether oxygens (including phenoxy) is 1. The molecule has 2 atom stereocenters. The largest absolute Gasteiger partial charge is 0.495 e. The number of hydrogen-bond acceptors (Lipinski definition) is 3. The Hall–Kier alpha value is -2.45. The Morgan fingerprint density at radius 1 is 1.27 bits per heavy atom. The van der Waals surface area contributed by atoms with E-state index in [-0.39, 0.29) is 0 Å². The Kier molecular flexibility index (Phi) is 4.72. The molecule has 2 aliphatic rings. The fraction of sp³-hybridized carbons (Fsp3) is 0.529. The summed E-state index contributed by atoms with van der Waals surface area (Å²) in [7, 11) is 1.45. The van der Waals surface area contributed by atoms with Crippen molar-refractivity contribution >= 4 is 17.7 Å². The normalized spacial score (nSPS) is 22.2. The van der Waals surface area contributed by atoms with Crippen LogP contribution in [0, 0.1) is 11.8 Å². The molecule has 1 saturated heterocycles. The number of rotatable bonds is 3. The van der Waals surface area contributed by atoms with Gasteiger partial charge in [0.15, 0.2) is 0 Å². The maximum atomic E-state index is 13.1. The van der Waals surface area contributed by atoms with Gasteiger partial charge in [-0.3, -0.25) is 4.79 Å². The first-order valence-electron chi connectivity index (χ1n) is 8.26. The third kappa shape index (κ3) is 3.30. The molecular weight excluding hydrogens is 353 g/mol. The van der Waals surface area contributed by atoms with Crippen LogP contribution in [0.3, 0.4) is 0 Å². The number of likely N-dealkylation sites (tertiary alicyclic amines) is 1. The van der Waals surface area contributed by atoms with E-state index in [0.29, 0.717) is 11.4 Å². The van der Waals surface area contributed by atoms with Crippen molar-refractivity contribution in [2.45, 2.75) is 25.4 Å². The average Bonchev–Trinajstić information content (AvgIpc) is 3.21. The number of carbonyl (C=O) groups excluding carboxylic acids is 1. The molecule has 2 N–H and O–H groups in total. The summed E-state index contributed by atoms with van der Waals surface area (Å²) in [5.41, 5.74) is 2.44. The summed E-state index contributed by atoms with van der Waals surface area (Å²) in [5, 5.41) is 11.7. The minimum Gasteiger partial charge on any atom is -0.495 e. The lowest BCUT2D eigenvalue weighted by atomic mass is 9.96. The topological polar surface area (TPSA) is 78.9 Å². The quantitative estimate of drug-likeness (QED) is 0.855. The number of hydrogen-bond donors (Lipinski definition) is 2. The number of urea groups is 1. The first kappa shape index (κ1) is 18.3. The van der Waals surface area contributed by atoms with Crippen LogP contribution in [0.25, 0.3) is 0 Å². The van der Waals surface area contributed by atoms with E-state index < -0.39 is 43.1 Å².